The number of alkyl carbamates (subject to hydrolysis) is 1. The van der Waals surface area contributed by atoms with Gasteiger partial charge >= 0.3 is 6.09 Å². The third kappa shape index (κ3) is 4.51. The van der Waals surface area contributed by atoms with Crippen molar-refractivity contribution in [2.24, 2.45) is 11.7 Å². The lowest BCUT2D eigenvalue weighted by Crippen LogP contribution is -2.42. The lowest BCUT2D eigenvalue weighted by Gasteiger charge is -2.21. The molecule has 0 bridgehead atoms. The molecule has 0 aromatic carbocycles. The second kappa shape index (κ2) is 4.84. The number of hydrogen-bond acceptors (Lipinski definition) is 3. The molecule has 88 valence electrons. The lowest BCUT2D eigenvalue weighted by molar-refractivity contribution is 0.117. The van der Waals surface area contributed by atoms with Crippen molar-refractivity contribution in [3.63, 3.8) is 0 Å². The molecule has 0 radical (unpaired) electrons. The fourth-order valence-corrected chi connectivity index (χ4v) is 1.80. The van der Waals surface area contributed by atoms with Crippen LogP contribution in [0.3, 0.4) is 0 Å². The molecular formula is C11H22N2O2. The Morgan fingerprint density at radius 3 is 2.60 bits per heavy atom. The largest absolute Gasteiger partial charge is 0.449 e. The molecule has 1 aliphatic carbocycles. The zero-order chi connectivity index (χ0) is 11.5. The van der Waals surface area contributed by atoms with Crippen LogP contribution in [0.5, 0.6) is 0 Å². The summed E-state index contributed by atoms with van der Waals surface area (Å²) in [6, 6.07) is 0.201. The summed E-state index contributed by atoms with van der Waals surface area (Å²) in [7, 11) is 0. The molecule has 4 heteroatoms. The minimum absolute atomic E-state index is 0.201. The standard InChI is InChI=1S/C11H22N2O2/c1-11(2,3)13-10(14)15-7-8-5-4-6-9(8)12/h8-9H,4-7,12H2,1-3H3,(H,13,14). The molecule has 2 atom stereocenters. The molecule has 0 heterocycles. The number of hydrogen-bond donors (Lipinski definition) is 2. The van der Waals surface area contributed by atoms with E-state index in [2.05, 4.69) is 5.32 Å². The van der Waals surface area contributed by atoms with Gasteiger partial charge in [0.15, 0.2) is 0 Å². The molecule has 0 aliphatic heterocycles. The summed E-state index contributed by atoms with van der Waals surface area (Å²) in [5, 5.41) is 2.76. The quantitative estimate of drug-likeness (QED) is 0.734. The van der Waals surface area contributed by atoms with Crippen LogP contribution in [0.2, 0.25) is 0 Å². The third-order valence-electron chi connectivity index (χ3n) is 2.62. The van der Waals surface area contributed by atoms with E-state index >= 15 is 0 Å². The Labute approximate surface area is 91.5 Å². The van der Waals surface area contributed by atoms with Gasteiger partial charge in [-0.2, -0.15) is 0 Å². The zero-order valence-corrected chi connectivity index (χ0v) is 9.88. The van der Waals surface area contributed by atoms with Crippen molar-refractivity contribution in [2.45, 2.75) is 51.6 Å². The number of carbonyl (C=O) groups is 1. The van der Waals surface area contributed by atoms with Gasteiger partial charge in [0.1, 0.15) is 0 Å². The Balaban J connectivity index is 2.22. The van der Waals surface area contributed by atoms with Crippen molar-refractivity contribution in [3.8, 4) is 0 Å². The molecule has 0 aromatic heterocycles. The summed E-state index contributed by atoms with van der Waals surface area (Å²) in [6.07, 6.45) is 2.93. The predicted molar refractivity (Wildman–Crippen MR) is 59.6 cm³/mol. The maximum Gasteiger partial charge on any atom is 0.407 e. The van der Waals surface area contributed by atoms with E-state index in [-0.39, 0.29) is 17.7 Å². The van der Waals surface area contributed by atoms with Gasteiger partial charge in [-0.3, -0.25) is 0 Å². The second-order valence-electron chi connectivity index (χ2n) is 5.33. The van der Waals surface area contributed by atoms with E-state index in [4.69, 9.17) is 10.5 Å². The van der Waals surface area contributed by atoms with Crippen LogP contribution in [-0.4, -0.2) is 24.3 Å². The van der Waals surface area contributed by atoms with Crippen molar-refractivity contribution >= 4 is 6.09 Å². The Morgan fingerprint density at radius 1 is 1.47 bits per heavy atom. The van der Waals surface area contributed by atoms with Crippen LogP contribution in [-0.2, 0) is 4.74 Å². The molecule has 1 aliphatic rings. The van der Waals surface area contributed by atoms with Gasteiger partial charge in [-0.1, -0.05) is 6.42 Å². The maximum atomic E-state index is 11.3. The van der Waals surface area contributed by atoms with Gasteiger partial charge in [0.2, 0.25) is 0 Å². The Kier molecular flexibility index (Phi) is 3.97. The van der Waals surface area contributed by atoms with E-state index < -0.39 is 0 Å². The maximum absolute atomic E-state index is 11.3. The second-order valence-corrected chi connectivity index (χ2v) is 5.33. The molecule has 2 unspecified atom stereocenters. The van der Waals surface area contributed by atoms with Crippen LogP contribution < -0.4 is 11.1 Å². The Bertz CT molecular complexity index is 223. The summed E-state index contributed by atoms with van der Waals surface area (Å²) >= 11 is 0. The van der Waals surface area contributed by atoms with Crippen LogP contribution in [0.25, 0.3) is 0 Å². The van der Waals surface area contributed by atoms with E-state index in [9.17, 15) is 4.79 Å². The first-order valence-electron chi connectivity index (χ1n) is 5.59. The highest BCUT2D eigenvalue weighted by Gasteiger charge is 2.25. The van der Waals surface area contributed by atoms with Gasteiger partial charge in [0.25, 0.3) is 0 Å². The number of carbonyl (C=O) groups excluding carboxylic acids is 1. The minimum atomic E-state index is -0.346. The van der Waals surface area contributed by atoms with Crippen LogP contribution >= 0.6 is 0 Å². The molecule has 0 spiro atoms. The molecule has 1 fully saturated rings. The van der Waals surface area contributed by atoms with E-state index in [0.717, 1.165) is 19.3 Å². The predicted octanol–water partition coefficient (Wildman–Crippen LogP) is 1.64. The number of ether oxygens (including phenoxy) is 1. The number of nitrogens with two attached hydrogens (primary N) is 1. The highest BCUT2D eigenvalue weighted by atomic mass is 16.5. The summed E-state index contributed by atoms with van der Waals surface area (Å²) < 4.78 is 5.14. The molecule has 1 rings (SSSR count). The smallest absolute Gasteiger partial charge is 0.407 e. The van der Waals surface area contributed by atoms with Crippen LogP contribution in [0.15, 0.2) is 0 Å². The van der Waals surface area contributed by atoms with Gasteiger partial charge in [0, 0.05) is 17.5 Å². The molecule has 3 N–H and O–H groups in total. The van der Waals surface area contributed by atoms with Crippen molar-refractivity contribution in [1.29, 1.82) is 0 Å². The fraction of sp³-hybridized carbons (Fsp3) is 0.909. The number of nitrogens with one attached hydrogen (secondary N) is 1. The third-order valence-corrected chi connectivity index (χ3v) is 2.62. The Hall–Kier alpha value is -0.770. The minimum Gasteiger partial charge on any atom is -0.449 e. The van der Waals surface area contributed by atoms with Crippen LogP contribution in [0.4, 0.5) is 4.79 Å². The normalized spacial score (nSPS) is 26.4. The van der Waals surface area contributed by atoms with E-state index in [1.165, 1.54) is 0 Å². The summed E-state index contributed by atoms with van der Waals surface area (Å²) in [5.74, 6) is 0.343. The summed E-state index contributed by atoms with van der Waals surface area (Å²) in [5.41, 5.74) is 5.64. The first kappa shape index (κ1) is 12.3. The average Bonchev–Trinajstić information content (AvgIpc) is 2.44. The first-order valence-corrected chi connectivity index (χ1v) is 5.59. The van der Waals surface area contributed by atoms with Crippen LogP contribution in [0, 0.1) is 5.92 Å². The highest BCUT2D eigenvalue weighted by molar-refractivity contribution is 5.68. The molecule has 15 heavy (non-hydrogen) atoms. The van der Waals surface area contributed by atoms with Crippen molar-refractivity contribution in [3.05, 3.63) is 0 Å². The number of amides is 1. The molecule has 0 saturated heterocycles. The van der Waals surface area contributed by atoms with Gasteiger partial charge in [0.05, 0.1) is 6.61 Å². The first-order chi connectivity index (χ1) is 6.88. The zero-order valence-electron chi connectivity index (χ0n) is 9.88. The van der Waals surface area contributed by atoms with Crippen molar-refractivity contribution < 1.29 is 9.53 Å². The van der Waals surface area contributed by atoms with E-state index in [0.29, 0.717) is 12.5 Å². The topological polar surface area (TPSA) is 64.3 Å². The number of rotatable bonds is 2. The molecule has 4 nitrogen and oxygen atoms in total. The van der Waals surface area contributed by atoms with Crippen molar-refractivity contribution in [1.82, 2.24) is 5.32 Å². The monoisotopic (exact) mass is 214 g/mol. The summed E-state index contributed by atoms with van der Waals surface area (Å²) in [6.45, 7) is 6.23. The van der Waals surface area contributed by atoms with E-state index in [1.807, 2.05) is 20.8 Å². The highest BCUT2D eigenvalue weighted by Crippen LogP contribution is 2.23. The SMILES string of the molecule is CC(C)(C)NC(=O)OCC1CCCC1N. The van der Waals surface area contributed by atoms with E-state index in [1.54, 1.807) is 0 Å². The molecule has 0 aromatic rings. The van der Waals surface area contributed by atoms with Gasteiger partial charge in [-0.25, -0.2) is 4.79 Å². The van der Waals surface area contributed by atoms with Gasteiger partial charge in [-0.15, -0.1) is 0 Å². The molecular weight excluding hydrogens is 192 g/mol. The molecule has 1 saturated carbocycles. The van der Waals surface area contributed by atoms with Gasteiger partial charge in [-0.05, 0) is 33.6 Å². The molecule has 1 amide bonds. The van der Waals surface area contributed by atoms with Crippen LogP contribution in [0.1, 0.15) is 40.0 Å². The lowest BCUT2D eigenvalue weighted by atomic mass is 10.1. The fourth-order valence-electron chi connectivity index (χ4n) is 1.80. The summed E-state index contributed by atoms with van der Waals surface area (Å²) in [4.78, 5) is 11.3. The van der Waals surface area contributed by atoms with Crippen molar-refractivity contribution in [2.75, 3.05) is 6.61 Å². The van der Waals surface area contributed by atoms with Gasteiger partial charge < -0.3 is 15.8 Å². The average molecular weight is 214 g/mol. The Morgan fingerprint density at radius 2 is 2.13 bits per heavy atom.